The first-order valence-corrected chi connectivity index (χ1v) is 10.5. The van der Waals surface area contributed by atoms with Crippen molar-refractivity contribution >= 4 is 15.8 Å². The van der Waals surface area contributed by atoms with E-state index in [9.17, 15) is 18.3 Å². The van der Waals surface area contributed by atoms with Crippen molar-refractivity contribution in [2.45, 2.75) is 29.4 Å². The van der Waals surface area contributed by atoms with Crippen LogP contribution in [0.3, 0.4) is 0 Å². The first kappa shape index (κ1) is 19.8. The van der Waals surface area contributed by atoms with Gasteiger partial charge >= 0.3 is 5.97 Å². The van der Waals surface area contributed by atoms with Crippen LogP contribution in [-0.4, -0.2) is 24.2 Å². The summed E-state index contributed by atoms with van der Waals surface area (Å²) in [6.07, 6.45) is 0.341. The van der Waals surface area contributed by atoms with Crippen LogP contribution < -0.4 is 0 Å². The molecule has 0 aromatic heterocycles. The number of aliphatic carboxylic acids is 1. The molecule has 0 aliphatic carbocycles. The number of hydrogen-bond acceptors (Lipinski definition) is 3. The first-order valence-electron chi connectivity index (χ1n) is 9.02. The van der Waals surface area contributed by atoms with Crippen LogP contribution in [0, 0.1) is 0 Å². The highest BCUT2D eigenvalue weighted by Gasteiger charge is 2.47. The van der Waals surface area contributed by atoms with Crippen LogP contribution in [0.5, 0.6) is 0 Å². The quantitative estimate of drug-likeness (QED) is 0.635. The second kappa shape index (κ2) is 7.98. The van der Waals surface area contributed by atoms with E-state index >= 15 is 0 Å². The normalized spacial score (nSPS) is 13.6. The molecule has 0 heterocycles. The molecule has 3 aromatic rings. The molecule has 3 rings (SSSR count). The van der Waals surface area contributed by atoms with Crippen molar-refractivity contribution in [3.05, 3.63) is 90.5 Å². The molecular weight excluding hydrogens is 372 g/mol. The summed E-state index contributed by atoms with van der Waals surface area (Å²) in [4.78, 5) is 11.9. The van der Waals surface area contributed by atoms with E-state index < -0.39 is 20.6 Å². The van der Waals surface area contributed by atoms with Crippen molar-refractivity contribution in [1.82, 2.24) is 0 Å². The maximum atomic E-state index is 13.0. The Morgan fingerprint density at radius 3 is 1.86 bits per heavy atom. The number of hydrogen-bond donors (Lipinski definition) is 1. The highest BCUT2D eigenvalue weighted by molar-refractivity contribution is 7.93. The molecule has 0 aliphatic rings. The van der Waals surface area contributed by atoms with E-state index in [4.69, 9.17) is 0 Å². The molecular formula is C23H22O4S. The summed E-state index contributed by atoms with van der Waals surface area (Å²) in [5.41, 5.74) is 3.05. The van der Waals surface area contributed by atoms with Crippen molar-refractivity contribution in [1.29, 1.82) is 0 Å². The summed E-state index contributed by atoms with van der Waals surface area (Å²) in [5.74, 6) is -1.34. The summed E-state index contributed by atoms with van der Waals surface area (Å²) in [7, 11) is -4.02. The monoisotopic (exact) mass is 394 g/mol. The van der Waals surface area contributed by atoms with Gasteiger partial charge in [0.05, 0.1) is 4.90 Å². The number of carboxylic acids is 1. The second-order valence-corrected chi connectivity index (χ2v) is 9.29. The lowest BCUT2D eigenvalue weighted by Crippen LogP contribution is -2.44. The zero-order valence-electron chi connectivity index (χ0n) is 15.6. The predicted octanol–water partition coefficient (Wildman–Crippen LogP) is 4.60. The van der Waals surface area contributed by atoms with Gasteiger partial charge < -0.3 is 5.11 Å². The third kappa shape index (κ3) is 3.85. The molecule has 1 atom stereocenters. The second-order valence-electron chi connectivity index (χ2n) is 6.92. The Kier molecular flexibility index (Phi) is 5.66. The van der Waals surface area contributed by atoms with Crippen LogP contribution in [-0.2, 0) is 21.1 Å². The molecule has 0 fully saturated rings. The molecule has 0 aliphatic heterocycles. The van der Waals surface area contributed by atoms with Gasteiger partial charge in [0.15, 0.2) is 14.6 Å². The van der Waals surface area contributed by atoms with Crippen LogP contribution in [0.25, 0.3) is 11.1 Å². The Hall–Kier alpha value is -2.92. The van der Waals surface area contributed by atoms with Crippen LogP contribution in [0.4, 0.5) is 0 Å². The first-order chi connectivity index (χ1) is 13.3. The summed E-state index contributed by atoms with van der Waals surface area (Å²) >= 11 is 0. The fourth-order valence-corrected chi connectivity index (χ4v) is 4.73. The van der Waals surface area contributed by atoms with Gasteiger partial charge in [-0.05, 0) is 48.6 Å². The summed E-state index contributed by atoms with van der Waals surface area (Å²) in [6, 6.07) is 25.5. The fraction of sp³-hybridized carbons (Fsp3) is 0.174. The van der Waals surface area contributed by atoms with Gasteiger partial charge in [-0.25, -0.2) is 8.42 Å². The maximum absolute atomic E-state index is 13.0. The zero-order chi connectivity index (χ0) is 20.2. The van der Waals surface area contributed by atoms with E-state index in [0.717, 1.165) is 16.7 Å². The molecule has 5 heteroatoms. The number of benzene rings is 3. The molecule has 28 heavy (non-hydrogen) atoms. The van der Waals surface area contributed by atoms with Crippen LogP contribution >= 0.6 is 0 Å². The van der Waals surface area contributed by atoms with Gasteiger partial charge in [0.2, 0.25) is 0 Å². The smallest absolute Gasteiger partial charge is 0.325 e. The number of carbonyl (C=O) groups is 1. The third-order valence-corrected chi connectivity index (χ3v) is 7.51. The highest BCUT2D eigenvalue weighted by Crippen LogP contribution is 2.31. The number of rotatable bonds is 7. The van der Waals surface area contributed by atoms with Crippen LogP contribution in [0.1, 0.15) is 18.9 Å². The van der Waals surface area contributed by atoms with Gasteiger partial charge in [-0.1, -0.05) is 72.8 Å². The van der Waals surface area contributed by atoms with E-state index in [2.05, 4.69) is 0 Å². The average molecular weight is 394 g/mol. The van der Waals surface area contributed by atoms with E-state index in [1.807, 2.05) is 54.6 Å². The Morgan fingerprint density at radius 1 is 0.821 bits per heavy atom. The van der Waals surface area contributed by atoms with Crippen molar-refractivity contribution in [3.8, 4) is 11.1 Å². The maximum Gasteiger partial charge on any atom is 0.325 e. The Morgan fingerprint density at radius 2 is 1.32 bits per heavy atom. The number of carboxylic acid groups (broad SMARTS) is 1. The minimum atomic E-state index is -4.02. The van der Waals surface area contributed by atoms with Gasteiger partial charge in [-0.15, -0.1) is 0 Å². The molecule has 0 bridgehead atoms. The lowest BCUT2D eigenvalue weighted by atomic mass is 9.98. The van der Waals surface area contributed by atoms with E-state index in [0.29, 0.717) is 6.42 Å². The SMILES string of the molecule is CC(CCc1ccc(-c2ccccc2)cc1)(C(=O)O)S(=O)(=O)c1ccccc1. The Bertz CT molecular complexity index is 1040. The number of sulfone groups is 1. The predicted molar refractivity (Wildman–Crippen MR) is 110 cm³/mol. The van der Waals surface area contributed by atoms with Crippen LogP contribution in [0.15, 0.2) is 89.8 Å². The molecule has 1 unspecified atom stereocenters. The van der Waals surface area contributed by atoms with Gasteiger partial charge in [-0.3, -0.25) is 4.79 Å². The molecule has 0 amide bonds. The molecule has 0 saturated heterocycles. The van der Waals surface area contributed by atoms with Gasteiger partial charge in [0.25, 0.3) is 0 Å². The zero-order valence-corrected chi connectivity index (χ0v) is 16.4. The summed E-state index contributed by atoms with van der Waals surface area (Å²) < 4.78 is 24.1. The van der Waals surface area contributed by atoms with Crippen molar-refractivity contribution in [3.63, 3.8) is 0 Å². The molecule has 3 aromatic carbocycles. The molecule has 0 radical (unpaired) electrons. The summed E-state index contributed by atoms with van der Waals surface area (Å²) in [5, 5.41) is 9.72. The average Bonchev–Trinajstić information content (AvgIpc) is 2.73. The standard InChI is InChI=1S/C23H22O4S/c1-23(22(24)25,28(26,27)21-10-6-3-7-11-21)17-16-18-12-14-20(15-13-18)19-8-4-2-5-9-19/h2-15H,16-17H2,1H3,(H,24,25). The highest BCUT2D eigenvalue weighted by atomic mass is 32.2. The van der Waals surface area contributed by atoms with Gasteiger partial charge in [0.1, 0.15) is 0 Å². The number of aryl methyl sites for hydroxylation is 1. The van der Waals surface area contributed by atoms with E-state index in [1.54, 1.807) is 18.2 Å². The van der Waals surface area contributed by atoms with E-state index in [1.165, 1.54) is 19.1 Å². The molecule has 144 valence electrons. The fourth-order valence-electron chi connectivity index (χ4n) is 3.09. The Balaban J connectivity index is 1.81. The largest absolute Gasteiger partial charge is 0.480 e. The Labute approximate surface area is 165 Å². The molecule has 0 saturated carbocycles. The van der Waals surface area contributed by atoms with Crippen molar-refractivity contribution in [2.24, 2.45) is 0 Å². The van der Waals surface area contributed by atoms with Gasteiger partial charge in [-0.2, -0.15) is 0 Å². The van der Waals surface area contributed by atoms with Crippen LogP contribution in [0.2, 0.25) is 0 Å². The topological polar surface area (TPSA) is 71.4 Å². The van der Waals surface area contributed by atoms with Gasteiger partial charge in [0, 0.05) is 0 Å². The molecule has 4 nitrogen and oxygen atoms in total. The van der Waals surface area contributed by atoms with E-state index in [-0.39, 0.29) is 11.3 Å². The minimum Gasteiger partial charge on any atom is -0.480 e. The molecule has 0 spiro atoms. The third-order valence-electron chi connectivity index (χ3n) is 5.05. The minimum absolute atomic E-state index is 0.00968. The lowest BCUT2D eigenvalue weighted by molar-refractivity contribution is -0.139. The van der Waals surface area contributed by atoms with Crippen molar-refractivity contribution in [2.75, 3.05) is 0 Å². The molecule has 1 N–H and O–H groups in total. The lowest BCUT2D eigenvalue weighted by Gasteiger charge is -2.25. The van der Waals surface area contributed by atoms with Crippen molar-refractivity contribution < 1.29 is 18.3 Å². The summed E-state index contributed by atoms with van der Waals surface area (Å²) in [6.45, 7) is 1.29.